The van der Waals surface area contributed by atoms with Crippen molar-refractivity contribution in [2.75, 3.05) is 18.6 Å². The molecule has 0 spiro atoms. The number of methoxy groups -OCH3 is 1. The molecule has 3 heterocycles. The number of anilines is 1. The number of ether oxygens (including phenoxy) is 1. The van der Waals surface area contributed by atoms with Crippen LogP contribution in [0.3, 0.4) is 0 Å². The Morgan fingerprint density at radius 1 is 1.26 bits per heavy atom. The fourth-order valence-corrected chi connectivity index (χ4v) is 7.31. The maximum Gasteiger partial charge on any atom is 0.247 e. The fourth-order valence-electron chi connectivity index (χ4n) is 4.14. The van der Waals surface area contributed by atoms with E-state index in [9.17, 15) is 13.2 Å². The molecule has 0 radical (unpaired) electrons. The van der Waals surface area contributed by atoms with E-state index in [0.717, 1.165) is 14.7 Å². The third kappa shape index (κ3) is 4.73. The van der Waals surface area contributed by atoms with E-state index >= 15 is 0 Å². The Labute approximate surface area is 215 Å². The van der Waals surface area contributed by atoms with Crippen molar-refractivity contribution in [3.05, 3.63) is 71.1 Å². The highest BCUT2D eigenvalue weighted by Gasteiger charge is 2.42. The number of halogens is 1. The van der Waals surface area contributed by atoms with Crippen LogP contribution in [0.5, 0.6) is 5.75 Å². The number of hydrogen-bond donors (Lipinski definition) is 0. The lowest BCUT2D eigenvalue weighted by Gasteiger charge is -2.28. The van der Waals surface area contributed by atoms with Gasteiger partial charge < -0.3 is 9.15 Å². The summed E-state index contributed by atoms with van der Waals surface area (Å²) in [6.07, 6.45) is 2.57. The smallest absolute Gasteiger partial charge is 0.247 e. The number of thiazole rings is 1. The largest absolute Gasteiger partial charge is 0.497 e. The molecule has 35 heavy (non-hydrogen) atoms. The average Bonchev–Trinajstić information content (AvgIpc) is 3.62. The number of sulfonamides is 1. The van der Waals surface area contributed by atoms with Crippen LogP contribution in [0.25, 0.3) is 10.2 Å². The number of aromatic nitrogens is 1. The summed E-state index contributed by atoms with van der Waals surface area (Å²) in [7, 11) is -2.36. The molecule has 2 aromatic heterocycles. The van der Waals surface area contributed by atoms with Gasteiger partial charge in [-0.2, -0.15) is 4.31 Å². The Morgan fingerprint density at radius 3 is 2.77 bits per heavy atom. The lowest BCUT2D eigenvalue weighted by molar-refractivity contribution is -0.121. The second-order valence-corrected chi connectivity index (χ2v) is 11.9. The lowest BCUT2D eigenvalue weighted by atomic mass is 10.2. The molecule has 2 aromatic carbocycles. The third-order valence-corrected chi connectivity index (χ3v) is 9.34. The van der Waals surface area contributed by atoms with E-state index in [4.69, 9.17) is 9.15 Å². The van der Waals surface area contributed by atoms with Gasteiger partial charge in [-0.25, -0.2) is 13.4 Å². The standard InChI is InChI=1S/C24H22BrN3O5S2/c1-32-17-7-9-19(10-8-17)35(30,31)28-12-2-5-21(28)23(29)27(15-18-4-3-13-33-18)24-26-20-11-6-16(25)14-22(20)34-24/h3-4,6-11,13-14,21H,2,5,12,15H2,1H3. The monoisotopic (exact) mass is 575 g/mol. The van der Waals surface area contributed by atoms with E-state index in [2.05, 4.69) is 20.9 Å². The zero-order chi connectivity index (χ0) is 24.6. The van der Waals surface area contributed by atoms with Crippen LogP contribution in [-0.2, 0) is 21.4 Å². The molecule has 1 saturated heterocycles. The van der Waals surface area contributed by atoms with E-state index in [1.54, 1.807) is 30.5 Å². The average molecular weight is 576 g/mol. The van der Waals surface area contributed by atoms with Gasteiger partial charge in [0.1, 0.15) is 17.6 Å². The Bertz CT molecular complexity index is 1450. The van der Waals surface area contributed by atoms with Crippen LogP contribution >= 0.6 is 27.3 Å². The summed E-state index contributed by atoms with van der Waals surface area (Å²) in [6.45, 7) is 0.423. The van der Waals surface area contributed by atoms with E-state index in [-0.39, 0.29) is 23.9 Å². The van der Waals surface area contributed by atoms with Gasteiger partial charge in [0.2, 0.25) is 15.9 Å². The number of nitrogens with zero attached hydrogens (tertiary/aromatic N) is 3. The second-order valence-electron chi connectivity index (χ2n) is 8.06. The molecule has 1 fully saturated rings. The molecule has 4 aromatic rings. The van der Waals surface area contributed by atoms with Gasteiger partial charge in [-0.1, -0.05) is 27.3 Å². The van der Waals surface area contributed by atoms with Crippen molar-refractivity contribution in [2.45, 2.75) is 30.3 Å². The maximum absolute atomic E-state index is 13.9. The molecule has 1 atom stereocenters. The topological polar surface area (TPSA) is 93.0 Å². The van der Waals surface area contributed by atoms with Crippen molar-refractivity contribution in [2.24, 2.45) is 0 Å². The molecule has 1 aliphatic heterocycles. The molecule has 0 aliphatic carbocycles. The lowest BCUT2D eigenvalue weighted by Crippen LogP contribution is -2.47. The van der Waals surface area contributed by atoms with Crippen molar-refractivity contribution in [1.82, 2.24) is 9.29 Å². The first-order valence-corrected chi connectivity index (χ1v) is 14.0. The van der Waals surface area contributed by atoms with Crippen LogP contribution in [0, 0.1) is 0 Å². The van der Waals surface area contributed by atoms with Crippen LogP contribution in [0.4, 0.5) is 5.13 Å². The molecule has 5 rings (SSSR count). The first-order valence-electron chi connectivity index (χ1n) is 10.9. The number of carbonyl (C=O) groups is 1. The van der Waals surface area contributed by atoms with E-state index in [1.807, 2.05) is 18.2 Å². The van der Waals surface area contributed by atoms with Gasteiger partial charge in [0.15, 0.2) is 5.13 Å². The normalized spacial score (nSPS) is 16.6. The SMILES string of the molecule is COc1ccc(S(=O)(=O)N2CCCC2C(=O)N(Cc2ccco2)c2nc3ccc(Br)cc3s2)cc1. The van der Waals surface area contributed by atoms with E-state index < -0.39 is 16.1 Å². The van der Waals surface area contributed by atoms with E-state index in [1.165, 1.54) is 39.8 Å². The quantitative estimate of drug-likeness (QED) is 0.306. The number of carbonyl (C=O) groups excluding carboxylic acids is 1. The molecular formula is C24H22BrN3O5S2. The molecule has 0 N–H and O–H groups in total. The highest BCUT2D eigenvalue weighted by atomic mass is 79.9. The zero-order valence-electron chi connectivity index (χ0n) is 18.8. The summed E-state index contributed by atoms with van der Waals surface area (Å²) in [4.78, 5) is 20.2. The maximum atomic E-state index is 13.9. The zero-order valence-corrected chi connectivity index (χ0v) is 22.0. The minimum absolute atomic E-state index is 0.125. The number of hydrogen-bond acceptors (Lipinski definition) is 7. The number of amides is 1. The summed E-state index contributed by atoms with van der Waals surface area (Å²) in [5.74, 6) is 0.820. The number of fused-ring (bicyclic) bond motifs is 1. The van der Waals surface area contributed by atoms with Crippen LogP contribution in [0.15, 0.2) is 74.6 Å². The number of benzene rings is 2. The first kappa shape index (κ1) is 24.0. The van der Waals surface area contributed by atoms with Crippen LogP contribution < -0.4 is 9.64 Å². The summed E-state index contributed by atoms with van der Waals surface area (Å²) in [5, 5.41) is 0.494. The molecular weight excluding hydrogens is 554 g/mol. The molecule has 1 unspecified atom stereocenters. The minimum atomic E-state index is -3.88. The van der Waals surface area contributed by atoms with Gasteiger partial charge in [-0.05, 0) is 67.4 Å². The van der Waals surface area contributed by atoms with Crippen molar-refractivity contribution < 1.29 is 22.4 Å². The summed E-state index contributed by atoms with van der Waals surface area (Å²) in [5.41, 5.74) is 0.763. The van der Waals surface area contributed by atoms with E-state index in [0.29, 0.717) is 29.5 Å². The van der Waals surface area contributed by atoms with Crippen molar-refractivity contribution in [1.29, 1.82) is 0 Å². The second kappa shape index (κ2) is 9.73. The summed E-state index contributed by atoms with van der Waals surface area (Å²) < 4.78 is 40.7. The van der Waals surface area contributed by atoms with Gasteiger partial charge in [0.05, 0.1) is 35.0 Å². The molecule has 1 aliphatic rings. The third-order valence-electron chi connectivity index (χ3n) is 5.88. The van der Waals surface area contributed by atoms with Crippen molar-refractivity contribution >= 4 is 58.5 Å². The number of furan rings is 1. The molecule has 1 amide bonds. The van der Waals surface area contributed by atoms with Gasteiger partial charge >= 0.3 is 0 Å². The van der Waals surface area contributed by atoms with Crippen LogP contribution in [0.2, 0.25) is 0 Å². The van der Waals surface area contributed by atoms with Gasteiger partial charge in [-0.3, -0.25) is 9.69 Å². The van der Waals surface area contributed by atoms with Crippen molar-refractivity contribution in [3.63, 3.8) is 0 Å². The molecule has 0 bridgehead atoms. The molecule has 182 valence electrons. The minimum Gasteiger partial charge on any atom is -0.497 e. The predicted molar refractivity (Wildman–Crippen MR) is 137 cm³/mol. The fraction of sp³-hybridized carbons (Fsp3) is 0.250. The number of rotatable bonds is 7. The summed E-state index contributed by atoms with van der Waals surface area (Å²) in [6, 6.07) is 14.6. The van der Waals surface area contributed by atoms with Crippen LogP contribution in [-0.4, -0.2) is 43.3 Å². The Balaban J connectivity index is 1.50. The van der Waals surface area contributed by atoms with Gasteiger partial charge in [0.25, 0.3) is 0 Å². The van der Waals surface area contributed by atoms with Crippen molar-refractivity contribution in [3.8, 4) is 5.75 Å². The molecule has 8 nitrogen and oxygen atoms in total. The molecule has 0 saturated carbocycles. The Kier molecular flexibility index (Phi) is 6.67. The summed E-state index contributed by atoms with van der Waals surface area (Å²) >= 11 is 4.85. The first-order chi connectivity index (χ1) is 16.9. The Hall–Kier alpha value is -2.73. The highest BCUT2D eigenvalue weighted by Crippen LogP contribution is 2.35. The molecule has 11 heteroatoms. The van der Waals surface area contributed by atoms with Crippen LogP contribution in [0.1, 0.15) is 18.6 Å². The highest BCUT2D eigenvalue weighted by molar-refractivity contribution is 9.10. The van der Waals surface area contributed by atoms with Gasteiger partial charge in [0, 0.05) is 11.0 Å². The van der Waals surface area contributed by atoms with Gasteiger partial charge in [-0.15, -0.1) is 0 Å². The predicted octanol–water partition coefficient (Wildman–Crippen LogP) is 5.05. The Morgan fingerprint density at radius 2 is 2.06 bits per heavy atom.